The molecule has 0 spiro atoms. The van der Waals surface area contributed by atoms with E-state index >= 15 is 0 Å². The predicted molar refractivity (Wildman–Crippen MR) is 82.0 cm³/mol. The number of anilines is 1. The van der Waals surface area contributed by atoms with Crippen molar-refractivity contribution in [2.75, 3.05) is 11.9 Å². The molecule has 0 aliphatic carbocycles. The molecule has 4 nitrogen and oxygen atoms in total. The summed E-state index contributed by atoms with van der Waals surface area (Å²) < 4.78 is 0. The van der Waals surface area contributed by atoms with Gasteiger partial charge in [0.2, 0.25) is 0 Å². The lowest BCUT2D eigenvalue weighted by Crippen LogP contribution is -2.10. The smallest absolute Gasteiger partial charge is 0.132 e. The highest BCUT2D eigenvalue weighted by Crippen LogP contribution is 2.19. The van der Waals surface area contributed by atoms with Crippen LogP contribution in [0.2, 0.25) is 0 Å². The largest absolute Gasteiger partial charge is 0.370 e. The molecule has 0 saturated carbocycles. The summed E-state index contributed by atoms with van der Waals surface area (Å²) in [6.45, 7) is 7.19. The second-order valence-corrected chi connectivity index (χ2v) is 4.88. The highest BCUT2D eigenvalue weighted by Gasteiger charge is 2.10. The van der Waals surface area contributed by atoms with Gasteiger partial charge in [0.25, 0.3) is 0 Å². The summed E-state index contributed by atoms with van der Waals surface area (Å²) >= 11 is 0. The van der Waals surface area contributed by atoms with E-state index in [-0.39, 0.29) is 0 Å². The number of rotatable bonds is 6. The number of aromatic nitrogens is 3. The van der Waals surface area contributed by atoms with Crippen molar-refractivity contribution in [1.82, 2.24) is 15.0 Å². The highest BCUT2D eigenvalue weighted by molar-refractivity contribution is 5.46. The first-order valence-corrected chi connectivity index (χ1v) is 7.23. The van der Waals surface area contributed by atoms with Crippen molar-refractivity contribution < 1.29 is 0 Å². The van der Waals surface area contributed by atoms with Crippen molar-refractivity contribution in [2.45, 2.75) is 40.0 Å². The molecule has 106 valence electrons. The summed E-state index contributed by atoms with van der Waals surface area (Å²) in [5, 5.41) is 3.33. The van der Waals surface area contributed by atoms with Gasteiger partial charge in [-0.3, -0.25) is 4.98 Å². The van der Waals surface area contributed by atoms with Crippen molar-refractivity contribution in [1.29, 1.82) is 0 Å². The van der Waals surface area contributed by atoms with E-state index < -0.39 is 0 Å². The lowest BCUT2D eigenvalue weighted by molar-refractivity contribution is 0.811. The quantitative estimate of drug-likeness (QED) is 0.876. The van der Waals surface area contributed by atoms with E-state index in [0.717, 1.165) is 48.7 Å². The molecule has 0 aromatic carbocycles. The molecule has 4 heteroatoms. The van der Waals surface area contributed by atoms with Crippen molar-refractivity contribution >= 4 is 5.82 Å². The Morgan fingerprint density at radius 2 is 2.05 bits per heavy atom. The Hall–Kier alpha value is -1.97. The predicted octanol–water partition coefficient (Wildman–Crippen LogP) is 3.16. The van der Waals surface area contributed by atoms with Crippen LogP contribution in [0.4, 0.5) is 5.82 Å². The Kier molecular flexibility index (Phi) is 5.04. The molecule has 2 rings (SSSR count). The van der Waals surface area contributed by atoms with Crippen LogP contribution in [0.3, 0.4) is 0 Å². The molecule has 0 fully saturated rings. The van der Waals surface area contributed by atoms with Crippen LogP contribution < -0.4 is 5.32 Å². The standard InChI is InChI=1S/C16H22N4/c1-4-7-15-19-14(10-13-8-6-9-17-11-13)12(3)16(20-15)18-5-2/h6,8-9,11H,4-5,7,10H2,1-3H3,(H,18,19,20). The average Bonchev–Trinajstić information content (AvgIpc) is 2.45. The van der Waals surface area contributed by atoms with Gasteiger partial charge in [0, 0.05) is 37.3 Å². The van der Waals surface area contributed by atoms with E-state index in [0.29, 0.717) is 0 Å². The Labute approximate surface area is 120 Å². The number of aryl methyl sites for hydroxylation is 1. The van der Waals surface area contributed by atoms with Gasteiger partial charge < -0.3 is 5.32 Å². The van der Waals surface area contributed by atoms with Gasteiger partial charge in [0.15, 0.2) is 0 Å². The zero-order valence-electron chi connectivity index (χ0n) is 12.5. The maximum absolute atomic E-state index is 4.72. The summed E-state index contributed by atoms with van der Waals surface area (Å²) in [7, 11) is 0. The minimum Gasteiger partial charge on any atom is -0.370 e. The number of nitrogens with one attached hydrogen (secondary N) is 1. The Morgan fingerprint density at radius 1 is 1.20 bits per heavy atom. The van der Waals surface area contributed by atoms with Crippen LogP contribution in [-0.2, 0) is 12.8 Å². The average molecular weight is 270 g/mol. The van der Waals surface area contributed by atoms with E-state index in [1.165, 1.54) is 5.56 Å². The lowest BCUT2D eigenvalue weighted by Gasteiger charge is -2.13. The normalized spacial score (nSPS) is 10.6. The third-order valence-electron chi connectivity index (χ3n) is 3.21. The van der Waals surface area contributed by atoms with Crippen LogP contribution in [0.1, 0.15) is 42.9 Å². The second kappa shape index (κ2) is 6.98. The number of nitrogens with zero attached hydrogens (tertiary/aromatic N) is 3. The fraction of sp³-hybridized carbons (Fsp3) is 0.438. The van der Waals surface area contributed by atoms with Crippen LogP contribution >= 0.6 is 0 Å². The van der Waals surface area contributed by atoms with Gasteiger partial charge in [-0.25, -0.2) is 9.97 Å². The molecule has 2 heterocycles. The van der Waals surface area contributed by atoms with Gasteiger partial charge in [0.1, 0.15) is 11.6 Å². The monoisotopic (exact) mass is 270 g/mol. The summed E-state index contributed by atoms with van der Waals surface area (Å²) in [6.07, 6.45) is 6.47. The SMILES string of the molecule is CCCc1nc(Cc2cccnc2)c(C)c(NCC)n1. The molecule has 2 aromatic rings. The fourth-order valence-electron chi connectivity index (χ4n) is 2.16. The fourth-order valence-corrected chi connectivity index (χ4v) is 2.16. The van der Waals surface area contributed by atoms with Gasteiger partial charge in [-0.1, -0.05) is 13.0 Å². The maximum Gasteiger partial charge on any atom is 0.132 e. The van der Waals surface area contributed by atoms with E-state index in [9.17, 15) is 0 Å². The molecule has 20 heavy (non-hydrogen) atoms. The highest BCUT2D eigenvalue weighted by atomic mass is 15.0. The summed E-state index contributed by atoms with van der Waals surface area (Å²) in [6, 6.07) is 4.05. The number of hydrogen-bond donors (Lipinski definition) is 1. The van der Waals surface area contributed by atoms with Crippen LogP contribution in [0.25, 0.3) is 0 Å². The van der Waals surface area contributed by atoms with Gasteiger partial charge in [-0.2, -0.15) is 0 Å². The maximum atomic E-state index is 4.72. The molecule has 2 aromatic heterocycles. The van der Waals surface area contributed by atoms with Crippen molar-refractivity contribution in [3.63, 3.8) is 0 Å². The topological polar surface area (TPSA) is 50.7 Å². The van der Waals surface area contributed by atoms with Crippen LogP contribution in [0, 0.1) is 6.92 Å². The first-order chi connectivity index (χ1) is 9.74. The van der Waals surface area contributed by atoms with Gasteiger partial charge in [0.05, 0.1) is 5.69 Å². The third kappa shape index (κ3) is 3.53. The molecule has 0 radical (unpaired) electrons. The molecule has 0 amide bonds. The van der Waals surface area contributed by atoms with E-state index in [1.807, 2.05) is 12.3 Å². The number of pyridine rings is 1. The molecule has 0 saturated heterocycles. The van der Waals surface area contributed by atoms with E-state index in [2.05, 4.69) is 42.1 Å². The number of hydrogen-bond acceptors (Lipinski definition) is 4. The van der Waals surface area contributed by atoms with Crippen LogP contribution in [0.5, 0.6) is 0 Å². The zero-order valence-corrected chi connectivity index (χ0v) is 12.5. The molecule has 0 bridgehead atoms. The van der Waals surface area contributed by atoms with Crippen molar-refractivity contribution in [3.05, 3.63) is 47.2 Å². The molecule has 0 unspecified atom stereocenters. The van der Waals surface area contributed by atoms with Crippen LogP contribution in [0.15, 0.2) is 24.5 Å². The minimum absolute atomic E-state index is 0.803. The molecule has 0 atom stereocenters. The van der Waals surface area contributed by atoms with Gasteiger partial charge in [-0.05, 0) is 31.9 Å². The Bertz CT molecular complexity index is 552. The first kappa shape index (κ1) is 14.4. The molecule has 0 aliphatic rings. The first-order valence-electron chi connectivity index (χ1n) is 7.23. The zero-order chi connectivity index (χ0) is 14.4. The van der Waals surface area contributed by atoms with Crippen LogP contribution in [-0.4, -0.2) is 21.5 Å². The summed E-state index contributed by atoms with van der Waals surface area (Å²) in [4.78, 5) is 13.5. The molecule has 0 aliphatic heterocycles. The van der Waals surface area contributed by atoms with Gasteiger partial charge >= 0.3 is 0 Å². The van der Waals surface area contributed by atoms with E-state index in [4.69, 9.17) is 4.98 Å². The van der Waals surface area contributed by atoms with Gasteiger partial charge in [-0.15, -0.1) is 0 Å². The Balaban J connectivity index is 2.34. The summed E-state index contributed by atoms with van der Waals surface area (Å²) in [5.41, 5.74) is 3.40. The van der Waals surface area contributed by atoms with Crippen molar-refractivity contribution in [3.8, 4) is 0 Å². The minimum atomic E-state index is 0.803. The third-order valence-corrected chi connectivity index (χ3v) is 3.21. The van der Waals surface area contributed by atoms with E-state index in [1.54, 1.807) is 6.20 Å². The summed E-state index contributed by atoms with van der Waals surface area (Å²) in [5.74, 6) is 1.89. The van der Waals surface area contributed by atoms with Crippen molar-refractivity contribution in [2.24, 2.45) is 0 Å². The second-order valence-electron chi connectivity index (χ2n) is 4.88. The molecule has 1 N–H and O–H groups in total. The lowest BCUT2D eigenvalue weighted by atomic mass is 10.1. The molecular weight excluding hydrogens is 248 g/mol. The Morgan fingerprint density at radius 3 is 2.70 bits per heavy atom. The molecular formula is C16H22N4.